The predicted molar refractivity (Wildman–Crippen MR) is 142 cm³/mol. The van der Waals surface area contributed by atoms with Crippen molar-refractivity contribution in [3.63, 3.8) is 0 Å². The third-order valence-corrected chi connectivity index (χ3v) is 12.1. The number of nitriles is 1. The lowest BCUT2D eigenvalue weighted by Crippen LogP contribution is -2.45. The highest BCUT2D eigenvalue weighted by Crippen LogP contribution is 2.38. The lowest BCUT2D eigenvalue weighted by molar-refractivity contribution is 0.107. The zero-order valence-corrected chi connectivity index (χ0v) is 23.0. The van der Waals surface area contributed by atoms with Crippen LogP contribution < -0.4 is 0 Å². The molecule has 6 nitrogen and oxygen atoms in total. The van der Waals surface area contributed by atoms with Crippen LogP contribution >= 0.6 is 0 Å². The molecule has 0 saturated carbocycles. The second-order valence-corrected chi connectivity index (χ2v) is 15.9. The molecule has 0 bridgehead atoms. The van der Waals surface area contributed by atoms with Crippen LogP contribution in [0.25, 0.3) is 0 Å². The first-order valence-corrected chi connectivity index (χ1v) is 15.5. The van der Waals surface area contributed by atoms with Crippen molar-refractivity contribution in [3.8, 4) is 6.07 Å². The lowest BCUT2D eigenvalue weighted by atomic mass is 10.0. The molecule has 1 heterocycles. The molecule has 194 valence electrons. The van der Waals surface area contributed by atoms with Crippen molar-refractivity contribution in [1.29, 1.82) is 5.26 Å². The Hall–Kier alpha value is -2.73. The maximum Gasteiger partial charge on any atom is 0.407 e. The Kier molecular flexibility index (Phi) is 8.93. The number of amides is 1. The largest absolute Gasteiger partial charge is 0.465 e. The predicted octanol–water partition coefficient (Wildman–Crippen LogP) is 6.06. The molecule has 1 aliphatic heterocycles. The minimum atomic E-state index is -1.92. The highest BCUT2D eigenvalue weighted by atomic mass is 28.4. The average molecular weight is 512 g/mol. The van der Waals surface area contributed by atoms with Crippen LogP contribution in [0.3, 0.4) is 0 Å². The topological polar surface area (TPSA) is 76.8 Å². The number of halogens is 1. The van der Waals surface area contributed by atoms with Crippen molar-refractivity contribution >= 4 is 14.4 Å². The van der Waals surface area contributed by atoms with Gasteiger partial charge in [-0.2, -0.15) is 5.26 Å². The van der Waals surface area contributed by atoms with E-state index in [2.05, 4.69) is 38.8 Å². The molecule has 2 aromatic carbocycles. The SMILES string of the molecule is CC(C)(C)[Si](C)(C)O[C@H]1CCN(C[C@H](c2ccc(F)c(C#N)c2)N(CCc2ccccc2)C(=O)O)C1. The molecule has 0 unspecified atom stereocenters. The average Bonchev–Trinajstić information content (AvgIpc) is 3.24. The van der Waals surface area contributed by atoms with E-state index in [1.165, 1.54) is 17.0 Å². The van der Waals surface area contributed by atoms with Crippen LogP contribution in [0.4, 0.5) is 9.18 Å². The Morgan fingerprint density at radius 1 is 1.28 bits per heavy atom. The molecule has 0 aromatic heterocycles. The third kappa shape index (κ3) is 6.93. The standard InChI is InChI=1S/C28H38FN3O3Si/c1-28(2,3)36(4,5)35-24-14-15-31(19-24)20-26(22-11-12-25(29)23(17-22)18-30)32(27(33)34)16-13-21-9-7-6-8-10-21/h6-12,17,24,26H,13-16,19-20H2,1-5H3,(H,33,34)/t24-,26+/m0/s1. The summed E-state index contributed by atoms with van der Waals surface area (Å²) in [6, 6.07) is 15.4. The summed E-state index contributed by atoms with van der Waals surface area (Å²) < 4.78 is 20.7. The maximum absolute atomic E-state index is 14.1. The van der Waals surface area contributed by atoms with Gasteiger partial charge in [0, 0.05) is 26.2 Å². The number of benzene rings is 2. The van der Waals surface area contributed by atoms with Gasteiger partial charge < -0.3 is 9.53 Å². The van der Waals surface area contributed by atoms with Gasteiger partial charge in [-0.1, -0.05) is 57.2 Å². The highest BCUT2D eigenvalue weighted by molar-refractivity contribution is 6.74. The molecule has 1 aliphatic rings. The van der Waals surface area contributed by atoms with Crippen LogP contribution in [-0.2, 0) is 10.8 Å². The summed E-state index contributed by atoms with van der Waals surface area (Å²) in [5, 5.41) is 19.7. The van der Waals surface area contributed by atoms with Gasteiger partial charge in [0.05, 0.1) is 17.7 Å². The molecule has 1 amide bonds. The molecule has 3 rings (SSSR count). The fourth-order valence-corrected chi connectivity index (χ4v) is 5.78. The molecule has 2 atom stereocenters. The van der Waals surface area contributed by atoms with E-state index in [1.54, 1.807) is 6.07 Å². The smallest absolute Gasteiger partial charge is 0.407 e. The van der Waals surface area contributed by atoms with E-state index < -0.39 is 26.3 Å². The Balaban J connectivity index is 1.83. The molecule has 0 aliphatic carbocycles. The van der Waals surface area contributed by atoms with Gasteiger partial charge in [0.1, 0.15) is 11.9 Å². The van der Waals surface area contributed by atoms with Crippen LogP contribution in [0.5, 0.6) is 0 Å². The fraction of sp³-hybridized carbons (Fsp3) is 0.500. The molecule has 0 spiro atoms. The van der Waals surface area contributed by atoms with E-state index in [1.807, 2.05) is 36.4 Å². The van der Waals surface area contributed by atoms with Gasteiger partial charge in [-0.25, -0.2) is 9.18 Å². The monoisotopic (exact) mass is 511 g/mol. The molecule has 8 heteroatoms. The molecule has 1 saturated heterocycles. The van der Waals surface area contributed by atoms with Gasteiger partial charge in [0.15, 0.2) is 8.32 Å². The van der Waals surface area contributed by atoms with E-state index in [0.717, 1.165) is 25.1 Å². The quantitative estimate of drug-likeness (QED) is 0.414. The van der Waals surface area contributed by atoms with Crippen molar-refractivity contribution in [1.82, 2.24) is 9.80 Å². The van der Waals surface area contributed by atoms with E-state index in [9.17, 15) is 19.6 Å². The second kappa shape index (κ2) is 11.5. The summed E-state index contributed by atoms with van der Waals surface area (Å²) in [7, 11) is -1.92. The van der Waals surface area contributed by atoms with Gasteiger partial charge in [-0.05, 0) is 54.2 Å². The number of hydrogen-bond acceptors (Lipinski definition) is 4. The Morgan fingerprint density at radius 2 is 1.97 bits per heavy atom. The molecule has 36 heavy (non-hydrogen) atoms. The first-order chi connectivity index (χ1) is 16.9. The van der Waals surface area contributed by atoms with E-state index in [-0.39, 0.29) is 16.7 Å². The minimum Gasteiger partial charge on any atom is -0.465 e. The third-order valence-electron chi connectivity index (χ3n) is 7.53. The summed E-state index contributed by atoms with van der Waals surface area (Å²) in [5.41, 5.74) is 1.59. The maximum atomic E-state index is 14.1. The summed E-state index contributed by atoms with van der Waals surface area (Å²) in [4.78, 5) is 16.1. The summed E-state index contributed by atoms with van der Waals surface area (Å²) in [6.07, 6.45) is 0.528. The zero-order chi connectivity index (χ0) is 26.5. The summed E-state index contributed by atoms with van der Waals surface area (Å²) >= 11 is 0. The number of carboxylic acid groups (broad SMARTS) is 1. The molecule has 1 fully saturated rings. The normalized spacial score (nSPS) is 17.5. The van der Waals surface area contributed by atoms with Crippen LogP contribution in [-0.4, -0.2) is 61.6 Å². The number of carbonyl (C=O) groups is 1. The summed E-state index contributed by atoms with van der Waals surface area (Å²) in [5.74, 6) is -0.602. The molecule has 0 radical (unpaired) electrons. The van der Waals surface area contributed by atoms with Gasteiger partial charge in [0.25, 0.3) is 0 Å². The minimum absolute atomic E-state index is 0.0774. The zero-order valence-electron chi connectivity index (χ0n) is 22.0. The van der Waals surface area contributed by atoms with Crippen LogP contribution in [0.2, 0.25) is 18.1 Å². The fourth-order valence-electron chi connectivity index (χ4n) is 4.40. The van der Waals surface area contributed by atoms with Crippen LogP contribution in [0.1, 0.15) is 49.9 Å². The number of likely N-dealkylation sites (tertiary alicyclic amines) is 1. The van der Waals surface area contributed by atoms with Crippen LogP contribution in [0.15, 0.2) is 48.5 Å². The van der Waals surface area contributed by atoms with Crippen molar-refractivity contribution in [2.75, 3.05) is 26.2 Å². The van der Waals surface area contributed by atoms with Crippen molar-refractivity contribution < 1.29 is 18.7 Å². The van der Waals surface area contributed by atoms with Crippen molar-refractivity contribution in [3.05, 3.63) is 71.0 Å². The van der Waals surface area contributed by atoms with Crippen molar-refractivity contribution in [2.45, 2.75) is 63.9 Å². The number of rotatable bonds is 9. The first-order valence-electron chi connectivity index (χ1n) is 12.5. The van der Waals surface area contributed by atoms with Gasteiger partial charge in [-0.3, -0.25) is 9.80 Å². The Labute approximate surface area is 215 Å². The lowest BCUT2D eigenvalue weighted by Gasteiger charge is -2.38. The Bertz CT molecular complexity index is 1080. The highest BCUT2D eigenvalue weighted by Gasteiger charge is 2.41. The molecular weight excluding hydrogens is 473 g/mol. The van der Waals surface area contributed by atoms with Crippen LogP contribution in [0, 0.1) is 17.1 Å². The van der Waals surface area contributed by atoms with Gasteiger partial charge in [-0.15, -0.1) is 0 Å². The molecule has 2 aromatic rings. The Morgan fingerprint density at radius 3 is 2.58 bits per heavy atom. The van der Waals surface area contributed by atoms with E-state index >= 15 is 0 Å². The number of hydrogen-bond donors (Lipinski definition) is 1. The second-order valence-electron chi connectivity index (χ2n) is 11.1. The van der Waals surface area contributed by atoms with Gasteiger partial charge in [0.2, 0.25) is 0 Å². The van der Waals surface area contributed by atoms with Gasteiger partial charge >= 0.3 is 6.09 Å². The number of nitrogens with zero attached hydrogens (tertiary/aromatic N) is 3. The van der Waals surface area contributed by atoms with E-state index in [4.69, 9.17) is 4.43 Å². The first kappa shape index (κ1) is 27.8. The van der Waals surface area contributed by atoms with Crippen molar-refractivity contribution in [2.24, 2.45) is 0 Å². The molecule has 1 N–H and O–H groups in total. The van der Waals surface area contributed by atoms with E-state index in [0.29, 0.717) is 25.1 Å². The molecular formula is C28H38FN3O3Si. The summed E-state index contributed by atoms with van der Waals surface area (Å²) in [6.45, 7) is 13.4.